The smallest absolute Gasteiger partial charge is 0.119 e. The van der Waals surface area contributed by atoms with Crippen LogP contribution in [0, 0.1) is 0 Å². The zero-order valence-electron chi connectivity index (χ0n) is 23.9. The van der Waals surface area contributed by atoms with Gasteiger partial charge in [-0.2, -0.15) is 0 Å². The average Bonchev–Trinajstić information content (AvgIpc) is 2.94. The molecule has 3 rings (SSSR count). The minimum absolute atomic E-state index is 0.269. The largest absolute Gasteiger partial charge is 0.497 e. The molecular weight excluding hydrogens is 446 g/mol. The fourth-order valence-corrected chi connectivity index (χ4v) is 3.66. The molecular formula is C31H51N3O2. The molecule has 0 spiro atoms. The highest BCUT2D eigenvalue weighted by Gasteiger charge is 2.19. The number of ether oxygens (including phenoxy) is 2. The summed E-state index contributed by atoms with van der Waals surface area (Å²) in [7, 11) is 6.05. The molecule has 0 aromatic heterocycles. The third kappa shape index (κ3) is 12.8. The predicted molar refractivity (Wildman–Crippen MR) is 158 cm³/mol. The van der Waals surface area contributed by atoms with Gasteiger partial charge in [0.15, 0.2) is 0 Å². The Kier molecular flexibility index (Phi) is 18.9. The maximum Gasteiger partial charge on any atom is 0.119 e. The first-order chi connectivity index (χ1) is 17.4. The summed E-state index contributed by atoms with van der Waals surface area (Å²) < 4.78 is 11.3. The van der Waals surface area contributed by atoms with Crippen LogP contribution in [0.25, 0.3) is 0 Å². The molecule has 0 radical (unpaired) electrons. The van der Waals surface area contributed by atoms with E-state index in [0.717, 1.165) is 51.3 Å². The second-order valence-corrected chi connectivity index (χ2v) is 8.15. The van der Waals surface area contributed by atoms with Gasteiger partial charge in [0.2, 0.25) is 0 Å². The minimum atomic E-state index is 0.269. The minimum Gasteiger partial charge on any atom is -0.497 e. The molecule has 0 amide bonds. The molecule has 1 aliphatic heterocycles. The van der Waals surface area contributed by atoms with Crippen LogP contribution >= 0.6 is 0 Å². The summed E-state index contributed by atoms with van der Waals surface area (Å²) in [5, 5.41) is 0. The molecule has 1 heterocycles. The van der Waals surface area contributed by atoms with Crippen molar-refractivity contribution in [1.82, 2.24) is 4.90 Å². The van der Waals surface area contributed by atoms with Crippen molar-refractivity contribution < 1.29 is 9.47 Å². The molecule has 0 fully saturated rings. The molecule has 0 bridgehead atoms. The average molecular weight is 498 g/mol. The Balaban J connectivity index is 0.00000119. The molecule has 2 aromatic rings. The summed E-state index contributed by atoms with van der Waals surface area (Å²) in [4.78, 5) is 4.70. The predicted octanol–water partition coefficient (Wildman–Crippen LogP) is 6.85. The van der Waals surface area contributed by atoms with Crippen LogP contribution in [0.3, 0.4) is 0 Å². The zero-order valence-corrected chi connectivity index (χ0v) is 23.9. The van der Waals surface area contributed by atoms with E-state index in [1.807, 2.05) is 39.8 Å². The number of anilines is 1. The first-order valence-corrected chi connectivity index (χ1v) is 13.2. The fourth-order valence-electron chi connectivity index (χ4n) is 3.66. The topological polar surface area (TPSA) is 51.0 Å². The standard InChI is InChI=1S/C23H32N2O2.C4H7N.2C2H6/c1-24(16-17-25(2)20-10-12-21(26-3)13-11-20)15-6-9-23-22-8-5-4-7-19(22)14-18-27-23;1-3-4(2)5;2*1-2/h4-5,7-8,10-13,23H,6,9,14-18H2,1-3H3;3H,1-2,5H2;2*1-2H3. The zero-order chi connectivity index (χ0) is 27.3. The van der Waals surface area contributed by atoms with E-state index in [4.69, 9.17) is 15.2 Å². The highest BCUT2D eigenvalue weighted by atomic mass is 16.5. The van der Waals surface area contributed by atoms with Crippen LogP contribution in [0.2, 0.25) is 0 Å². The molecule has 202 valence electrons. The molecule has 1 atom stereocenters. The highest BCUT2D eigenvalue weighted by molar-refractivity contribution is 5.48. The second-order valence-electron chi connectivity index (χ2n) is 8.15. The van der Waals surface area contributed by atoms with E-state index >= 15 is 0 Å². The molecule has 5 heteroatoms. The van der Waals surface area contributed by atoms with Gasteiger partial charge in [-0.1, -0.05) is 65.1 Å². The molecule has 2 aromatic carbocycles. The molecule has 0 saturated heterocycles. The highest BCUT2D eigenvalue weighted by Crippen LogP contribution is 2.30. The lowest BCUT2D eigenvalue weighted by Gasteiger charge is -2.27. The lowest BCUT2D eigenvalue weighted by atomic mass is 9.95. The number of nitrogens with zero attached hydrogens (tertiary/aromatic N) is 2. The molecule has 0 saturated carbocycles. The summed E-state index contributed by atoms with van der Waals surface area (Å²) in [5.74, 6) is 0.899. The Hall–Kier alpha value is -2.76. The summed E-state index contributed by atoms with van der Waals surface area (Å²) in [6.07, 6.45) is 5.06. The summed E-state index contributed by atoms with van der Waals surface area (Å²) in [6, 6.07) is 17.0. The van der Waals surface area contributed by atoms with Crippen LogP contribution in [0.5, 0.6) is 5.75 Å². The van der Waals surface area contributed by atoms with E-state index in [1.54, 1.807) is 7.11 Å². The third-order valence-electron chi connectivity index (χ3n) is 5.69. The Morgan fingerprint density at radius 3 is 2.22 bits per heavy atom. The lowest BCUT2D eigenvalue weighted by Crippen LogP contribution is -2.31. The monoisotopic (exact) mass is 497 g/mol. The van der Waals surface area contributed by atoms with Crippen LogP contribution in [-0.2, 0) is 11.2 Å². The number of allylic oxidation sites excluding steroid dienone is 1. The van der Waals surface area contributed by atoms with Gasteiger partial charge in [0, 0.05) is 31.5 Å². The number of fused-ring (bicyclic) bond motifs is 1. The fraction of sp³-hybridized carbons (Fsp3) is 0.484. The molecule has 2 N–H and O–H groups in total. The van der Waals surface area contributed by atoms with Gasteiger partial charge in [-0.25, -0.2) is 0 Å². The normalized spacial score (nSPS) is 13.4. The second kappa shape index (κ2) is 20.4. The van der Waals surface area contributed by atoms with Gasteiger partial charge in [-0.05, 0) is 74.3 Å². The van der Waals surface area contributed by atoms with Crippen molar-refractivity contribution in [2.24, 2.45) is 5.73 Å². The van der Waals surface area contributed by atoms with Gasteiger partial charge in [0.25, 0.3) is 0 Å². The van der Waals surface area contributed by atoms with Crippen molar-refractivity contribution in [2.45, 2.75) is 53.1 Å². The van der Waals surface area contributed by atoms with Crippen molar-refractivity contribution >= 4 is 5.69 Å². The first-order valence-electron chi connectivity index (χ1n) is 13.2. The van der Waals surface area contributed by atoms with E-state index in [9.17, 15) is 0 Å². The number of hydrogen-bond donors (Lipinski definition) is 1. The number of rotatable bonds is 10. The van der Waals surface area contributed by atoms with Crippen LogP contribution in [0.15, 0.2) is 73.5 Å². The van der Waals surface area contributed by atoms with Crippen molar-refractivity contribution in [3.63, 3.8) is 0 Å². The lowest BCUT2D eigenvalue weighted by molar-refractivity contribution is 0.0338. The molecule has 0 aliphatic carbocycles. The number of likely N-dealkylation sites (N-methyl/N-ethyl adjacent to an activating group) is 2. The molecule has 1 unspecified atom stereocenters. The van der Waals surface area contributed by atoms with E-state index in [0.29, 0.717) is 5.70 Å². The number of nitrogens with two attached hydrogens (primary N) is 1. The first kappa shape index (κ1) is 33.2. The van der Waals surface area contributed by atoms with Crippen molar-refractivity contribution in [1.29, 1.82) is 0 Å². The van der Waals surface area contributed by atoms with Gasteiger partial charge in [0.05, 0.1) is 19.8 Å². The van der Waals surface area contributed by atoms with Gasteiger partial charge >= 0.3 is 0 Å². The summed E-state index contributed by atoms with van der Waals surface area (Å²) in [6.45, 7) is 18.7. The van der Waals surface area contributed by atoms with Gasteiger partial charge in [-0.3, -0.25) is 0 Å². The van der Waals surface area contributed by atoms with Crippen LogP contribution in [0.4, 0.5) is 5.69 Å². The quantitative estimate of drug-likeness (QED) is 0.364. The van der Waals surface area contributed by atoms with Gasteiger partial charge < -0.3 is 25.0 Å². The van der Waals surface area contributed by atoms with Gasteiger partial charge in [0.1, 0.15) is 5.75 Å². The molecule has 5 nitrogen and oxygen atoms in total. The number of methoxy groups -OCH3 is 1. The van der Waals surface area contributed by atoms with Crippen molar-refractivity contribution in [2.75, 3.05) is 52.3 Å². The van der Waals surface area contributed by atoms with E-state index in [1.165, 1.54) is 22.9 Å². The number of hydrogen-bond acceptors (Lipinski definition) is 5. The van der Waals surface area contributed by atoms with Crippen molar-refractivity contribution in [3.8, 4) is 5.75 Å². The van der Waals surface area contributed by atoms with E-state index in [-0.39, 0.29) is 6.10 Å². The SMILES string of the molecule is C=CC(=C)N.CC.CC.COc1ccc(N(C)CCN(C)CCCC2OCCc3ccccc32)cc1. The van der Waals surface area contributed by atoms with Crippen LogP contribution in [-0.4, -0.2) is 52.3 Å². The molecule has 36 heavy (non-hydrogen) atoms. The van der Waals surface area contributed by atoms with Crippen LogP contribution < -0.4 is 15.4 Å². The summed E-state index contributed by atoms with van der Waals surface area (Å²) in [5.41, 5.74) is 9.57. The van der Waals surface area contributed by atoms with E-state index < -0.39 is 0 Å². The number of benzene rings is 2. The maximum atomic E-state index is 6.02. The van der Waals surface area contributed by atoms with Gasteiger partial charge in [-0.15, -0.1) is 0 Å². The summed E-state index contributed by atoms with van der Waals surface area (Å²) >= 11 is 0. The Bertz CT molecular complexity index is 836. The van der Waals surface area contributed by atoms with Crippen LogP contribution in [0.1, 0.15) is 57.8 Å². The Morgan fingerprint density at radius 2 is 1.64 bits per heavy atom. The Labute approximate surface area is 221 Å². The van der Waals surface area contributed by atoms with E-state index in [2.05, 4.69) is 73.5 Å². The molecule has 1 aliphatic rings. The Morgan fingerprint density at radius 1 is 1.03 bits per heavy atom. The van der Waals surface area contributed by atoms with Crippen molar-refractivity contribution in [3.05, 3.63) is 84.6 Å². The maximum absolute atomic E-state index is 6.02. The third-order valence-corrected chi connectivity index (χ3v) is 5.69.